The fourth-order valence-electron chi connectivity index (χ4n) is 2.88. The van der Waals surface area contributed by atoms with E-state index < -0.39 is 0 Å². The summed E-state index contributed by atoms with van der Waals surface area (Å²) in [5.41, 5.74) is 0. The molecule has 0 saturated carbocycles. The lowest BCUT2D eigenvalue weighted by Gasteiger charge is -2.21. The second-order valence-electron chi connectivity index (χ2n) is 7.61. The molecule has 1 aliphatic rings. The summed E-state index contributed by atoms with van der Waals surface area (Å²) in [6.07, 6.45) is 3.25. The molecule has 0 aliphatic carbocycles. The van der Waals surface area contributed by atoms with Gasteiger partial charge in [0, 0.05) is 44.2 Å². The van der Waals surface area contributed by atoms with E-state index in [9.17, 15) is 4.79 Å². The Bertz CT molecular complexity index is 422. The molecule has 0 radical (unpaired) electrons. The van der Waals surface area contributed by atoms with E-state index in [-0.39, 0.29) is 11.8 Å². The third kappa shape index (κ3) is 8.08. The van der Waals surface area contributed by atoms with Crippen molar-refractivity contribution in [1.82, 2.24) is 20.4 Å². The Balaban J connectivity index is 2.37. The van der Waals surface area contributed by atoms with Gasteiger partial charge in [0.15, 0.2) is 5.96 Å². The number of amides is 1. The zero-order chi connectivity index (χ0) is 18.8. The smallest absolute Gasteiger partial charge is 0.225 e. The highest BCUT2D eigenvalue weighted by Gasteiger charge is 2.27. The van der Waals surface area contributed by atoms with E-state index in [1.165, 1.54) is 0 Å². The Morgan fingerprint density at radius 2 is 2.00 bits per heavy atom. The fourth-order valence-corrected chi connectivity index (χ4v) is 2.88. The van der Waals surface area contributed by atoms with Crippen LogP contribution in [0.3, 0.4) is 0 Å². The molecule has 1 unspecified atom stereocenters. The highest BCUT2D eigenvalue weighted by Crippen LogP contribution is 2.12. The first kappa shape index (κ1) is 21.7. The van der Waals surface area contributed by atoms with Crippen molar-refractivity contribution in [2.45, 2.75) is 66.0 Å². The number of hydrogen-bond donors (Lipinski definition) is 2. The molecule has 1 aliphatic heterocycles. The quantitative estimate of drug-likeness (QED) is 0.378. The van der Waals surface area contributed by atoms with Gasteiger partial charge >= 0.3 is 0 Å². The Hall–Kier alpha value is -1.30. The predicted molar refractivity (Wildman–Crippen MR) is 106 cm³/mol. The van der Waals surface area contributed by atoms with Gasteiger partial charge in [-0.05, 0) is 53.6 Å². The van der Waals surface area contributed by atoms with Crippen LogP contribution in [-0.4, -0.2) is 73.5 Å². The molecule has 1 fully saturated rings. The van der Waals surface area contributed by atoms with Crippen molar-refractivity contribution in [1.29, 1.82) is 0 Å². The van der Waals surface area contributed by atoms with Crippen molar-refractivity contribution in [2.24, 2.45) is 10.9 Å². The minimum Gasteiger partial charge on any atom is -0.357 e. The van der Waals surface area contributed by atoms with Crippen molar-refractivity contribution in [3.63, 3.8) is 0 Å². The van der Waals surface area contributed by atoms with Crippen molar-refractivity contribution >= 4 is 11.9 Å². The maximum atomic E-state index is 12.1. The van der Waals surface area contributed by atoms with Crippen LogP contribution in [0.15, 0.2) is 4.99 Å². The highest BCUT2D eigenvalue weighted by atomic mass is 16.2. The minimum absolute atomic E-state index is 0.0737. The number of unbranched alkanes of at least 4 members (excludes halogenated alkanes) is 1. The van der Waals surface area contributed by atoms with Crippen molar-refractivity contribution in [3.8, 4) is 0 Å². The molecule has 0 spiro atoms. The molecule has 6 heteroatoms. The molecule has 0 aromatic heterocycles. The maximum absolute atomic E-state index is 12.1. The van der Waals surface area contributed by atoms with Gasteiger partial charge < -0.3 is 20.4 Å². The Morgan fingerprint density at radius 3 is 2.60 bits per heavy atom. The molecule has 1 heterocycles. The van der Waals surface area contributed by atoms with Crippen LogP contribution in [0.25, 0.3) is 0 Å². The number of aliphatic imine (C=N–C) groups is 1. The van der Waals surface area contributed by atoms with Gasteiger partial charge in [-0.1, -0.05) is 13.8 Å². The summed E-state index contributed by atoms with van der Waals surface area (Å²) < 4.78 is 0. The number of likely N-dealkylation sites (tertiary alicyclic amines) is 1. The molecule has 1 rings (SSSR count). The molecule has 0 bridgehead atoms. The van der Waals surface area contributed by atoms with E-state index in [1.54, 1.807) is 0 Å². The molecule has 1 saturated heterocycles. The Morgan fingerprint density at radius 1 is 1.28 bits per heavy atom. The topological polar surface area (TPSA) is 60.0 Å². The minimum atomic E-state index is 0.0737. The zero-order valence-corrected chi connectivity index (χ0v) is 17.1. The number of rotatable bonds is 9. The second-order valence-corrected chi connectivity index (χ2v) is 7.61. The van der Waals surface area contributed by atoms with Gasteiger partial charge in [0.1, 0.15) is 0 Å². The first-order chi connectivity index (χ1) is 11.8. The average molecular weight is 354 g/mol. The number of nitrogens with zero attached hydrogens (tertiary/aromatic N) is 3. The van der Waals surface area contributed by atoms with Crippen molar-refractivity contribution < 1.29 is 4.79 Å². The van der Waals surface area contributed by atoms with Crippen LogP contribution in [0.5, 0.6) is 0 Å². The maximum Gasteiger partial charge on any atom is 0.225 e. The van der Waals surface area contributed by atoms with Crippen molar-refractivity contribution in [2.75, 3.05) is 39.8 Å². The van der Waals surface area contributed by atoms with Gasteiger partial charge in [-0.15, -0.1) is 0 Å². The Kier molecular flexibility index (Phi) is 9.86. The summed E-state index contributed by atoms with van der Waals surface area (Å²) >= 11 is 0. The third-order valence-electron chi connectivity index (χ3n) is 4.75. The molecule has 2 N–H and O–H groups in total. The van der Waals surface area contributed by atoms with E-state index in [4.69, 9.17) is 4.99 Å². The molecule has 6 nitrogen and oxygen atoms in total. The van der Waals surface area contributed by atoms with E-state index in [2.05, 4.69) is 43.4 Å². The molecular weight excluding hydrogens is 314 g/mol. The lowest BCUT2D eigenvalue weighted by molar-refractivity contribution is -0.133. The average Bonchev–Trinajstić information content (AvgIpc) is 3.01. The molecule has 1 amide bonds. The first-order valence-corrected chi connectivity index (χ1v) is 9.89. The predicted octanol–water partition coefficient (Wildman–Crippen LogP) is 1.92. The third-order valence-corrected chi connectivity index (χ3v) is 4.75. The number of carbonyl (C=O) groups excluding carboxylic acids is 1. The summed E-state index contributed by atoms with van der Waals surface area (Å²) in [5, 5.41) is 6.81. The lowest BCUT2D eigenvalue weighted by atomic mass is 10.2. The summed E-state index contributed by atoms with van der Waals surface area (Å²) in [5.74, 6) is 1.20. The van der Waals surface area contributed by atoms with Crippen LogP contribution in [0.2, 0.25) is 0 Å². The van der Waals surface area contributed by atoms with Crippen LogP contribution >= 0.6 is 0 Å². The van der Waals surface area contributed by atoms with Crippen LogP contribution in [0.4, 0.5) is 0 Å². The molecule has 0 aromatic rings. The molecule has 0 aromatic carbocycles. The standard InChI is InChI=1S/C19H39N5O/c1-7-20-19(21-11-8-9-12-23(6)16(4)5)22-17-10-13-24(14-17)18(25)15(2)3/h15-17H,7-14H2,1-6H3,(H2,20,21,22). The number of carbonyl (C=O) groups is 1. The Labute approximate surface area is 154 Å². The second kappa shape index (κ2) is 11.3. The number of nitrogens with one attached hydrogen (secondary N) is 2. The summed E-state index contributed by atoms with van der Waals surface area (Å²) in [6, 6.07) is 0.897. The van der Waals surface area contributed by atoms with E-state index in [0.29, 0.717) is 12.1 Å². The van der Waals surface area contributed by atoms with Crippen molar-refractivity contribution in [3.05, 3.63) is 0 Å². The van der Waals surface area contributed by atoms with Gasteiger partial charge in [-0.25, -0.2) is 0 Å². The SMILES string of the molecule is CCNC(=NCCCCN(C)C(C)C)NC1CCN(C(=O)C(C)C)C1. The molecule has 1 atom stereocenters. The molecular formula is C19H39N5O. The number of guanidine groups is 1. The van der Waals surface area contributed by atoms with Crippen LogP contribution < -0.4 is 10.6 Å². The van der Waals surface area contributed by atoms with Gasteiger partial charge in [-0.2, -0.15) is 0 Å². The van der Waals surface area contributed by atoms with Gasteiger partial charge in [0.25, 0.3) is 0 Å². The molecule has 146 valence electrons. The first-order valence-electron chi connectivity index (χ1n) is 9.89. The summed E-state index contributed by atoms with van der Waals surface area (Å²) in [7, 11) is 2.17. The van der Waals surface area contributed by atoms with Gasteiger partial charge in [-0.3, -0.25) is 9.79 Å². The molecule has 25 heavy (non-hydrogen) atoms. The van der Waals surface area contributed by atoms with E-state index in [1.807, 2.05) is 18.7 Å². The van der Waals surface area contributed by atoms with Gasteiger partial charge in [0.2, 0.25) is 5.91 Å². The van der Waals surface area contributed by atoms with Crippen LogP contribution in [0.1, 0.15) is 53.9 Å². The normalized spacial score (nSPS) is 18.5. The largest absolute Gasteiger partial charge is 0.357 e. The van der Waals surface area contributed by atoms with E-state index in [0.717, 1.165) is 57.9 Å². The summed E-state index contributed by atoms with van der Waals surface area (Å²) in [6.45, 7) is 14.9. The van der Waals surface area contributed by atoms with Crippen LogP contribution in [-0.2, 0) is 4.79 Å². The summed E-state index contributed by atoms with van der Waals surface area (Å²) in [4.78, 5) is 21.1. The highest BCUT2D eigenvalue weighted by molar-refractivity contribution is 5.81. The zero-order valence-electron chi connectivity index (χ0n) is 17.1. The number of hydrogen-bond acceptors (Lipinski definition) is 3. The van der Waals surface area contributed by atoms with Crippen LogP contribution in [0, 0.1) is 5.92 Å². The fraction of sp³-hybridized carbons (Fsp3) is 0.895. The lowest BCUT2D eigenvalue weighted by Crippen LogP contribution is -2.45. The monoisotopic (exact) mass is 353 g/mol. The van der Waals surface area contributed by atoms with Gasteiger partial charge in [0.05, 0.1) is 0 Å². The van der Waals surface area contributed by atoms with E-state index >= 15 is 0 Å².